The molecule has 1 aromatic heterocycles. The van der Waals surface area contributed by atoms with Gasteiger partial charge in [0.25, 0.3) is 0 Å². The zero-order valence-electron chi connectivity index (χ0n) is 14.4. The average Bonchev–Trinajstić information content (AvgIpc) is 2.97. The van der Waals surface area contributed by atoms with Crippen LogP contribution >= 0.6 is 0 Å². The van der Waals surface area contributed by atoms with Crippen molar-refractivity contribution in [3.8, 4) is 11.1 Å². The number of carbonyl (C=O) groups excluding carboxylic acids is 1. The number of nitrogens with one attached hydrogen (secondary N) is 1. The molecular weight excluding hydrogens is 314 g/mol. The van der Waals surface area contributed by atoms with Crippen LogP contribution in [-0.4, -0.2) is 28.6 Å². The molecule has 0 amide bonds. The molecule has 0 bridgehead atoms. The van der Waals surface area contributed by atoms with Crippen molar-refractivity contribution in [2.45, 2.75) is 44.8 Å². The third kappa shape index (κ3) is 3.16. The Morgan fingerprint density at radius 3 is 2.52 bits per heavy atom. The molecule has 5 nitrogen and oxygen atoms in total. The highest BCUT2D eigenvalue weighted by Crippen LogP contribution is 2.50. The van der Waals surface area contributed by atoms with E-state index in [0.717, 1.165) is 36.8 Å². The van der Waals surface area contributed by atoms with Gasteiger partial charge >= 0.3 is 5.97 Å². The molecule has 1 saturated heterocycles. The minimum Gasteiger partial charge on any atom is -0.461 e. The Kier molecular flexibility index (Phi) is 4.25. The van der Waals surface area contributed by atoms with Crippen LogP contribution in [0.4, 0.5) is 0 Å². The van der Waals surface area contributed by atoms with Crippen LogP contribution < -0.4 is 5.32 Å². The fourth-order valence-corrected chi connectivity index (χ4v) is 3.80. The fraction of sp³-hybridized carbons (Fsp3) is 0.450. The number of hydrogen-bond donors (Lipinski definition) is 1. The van der Waals surface area contributed by atoms with Crippen LogP contribution in [0.15, 0.2) is 43.0 Å². The second-order valence-corrected chi connectivity index (χ2v) is 7.24. The summed E-state index contributed by atoms with van der Waals surface area (Å²) in [6.07, 6.45) is 9.21. The van der Waals surface area contributed by atoms with Crippen molar-refractivity contribution >= 4 is 5.97 Å². The summed E-state index contributed by atoms with van der Waals surface area (Å²) in [6, 6.07) is 8.62. The fourth-order valence-electron chi connectivity index (χ4n) is 3.80. The van der Waals surface area contributed by atoms with Crippen LogP contribution in [0.2, 0.25) is 0 Å². The molecule has 0 radical (unpaired) electrons. The van der Waals surface area contributed by atoms with Crippen LogP contribution in [0.1, 0.15) is 44.2 Å². The highest BCUT2D eigenvalue weighted by Gasteiger charge is 2.52. The Bertz CT molecular complexity index is 741. The number of ether oxygens (including phenoxy) is 1. The smallest absolute Gasteiger partial charge is 0.312 e. The first kappa shape index (κ1) is 16.2. The Morgan fingerprint density at radius 1 is 1.20 bits per heavy atom. The van der Waals surface area contributed by atoms with Gasteiger partial charge in [-0.15, -0.1) is 0 Å². The summed E-state index contributed by atoms with van der Waals surface area (Å²) >= 11 is 0. The zero-order chi connectivity index (χ0) is 17.3. The van der Waals surface area contributed by atoms with Gasteiger partial charge in [-0.25, -0.2) is 9.97 Å². The molecule has 1 spiro atoms. The van der Waals surface area contributed by atoms with Gasteiger partial charge in [-0.3, -0.25) is 4.79 Å². The average molecular weight is 337 g/mol. The lowest BCUT2D eigenvalue weighted by Crippen LogP contribution is -2.34. The van der Waals surface area contributed by atoms with Gasteiger partial charge in [-0.1, -0.05) is 30.7 Å². The number of hydrogen-bond acceptors (Lipinski definition) is 5. The molecule has 130 valence electrons. The van der Waals surface area contributed by atoms with E-state index in [4.69, 9.17) is 4.74 Å². The topological polar surface area (TPSA) is 64.1 Å². The highest BCUT2D eigenvalue weighted by molar-refractivity contribution is 5.80. The quantitative estimate of drug-likeness (QED) is 0.848. The van der Waals surface area contributed by atoms with Gasteiger partial charge < -0.3 is 10.1 Å². The van der Waals surface area contributed by atoms with Crippen LogP contribution in [0.3, 0.4) is 0 Å². The molecule has 2 fully saturated rings. The van der Waals surface area contributed by atoms with E-state index in [2.05, 4.69) is 46.5 Å². The Morgan fingerprint density at radius 2 is 1.92 bits per heavy atom. The van der Waals surface area contributed by atoms with Crippen molar-refractivity contribution in [1.29, 1.82) is 0 Å². The van der Waals surface area contributed by atoms with E-state index >= 15 is 0 Å². The molecule has 4 rings (SSSR count). The van der Waals surface area contributed by atoms with Gasteiger partial charge in [-0.05, 0) is 30.9 Å². The minimum absolute atomic E-state index is 0.0102. The summed E-state index contributed by atoms with van der Waals surface area (Å²) in [4.78, 5) is 20.1. The van der Waals surface area contributed by atoms with E-state index < -0.39 is 0 Å². The van der Waals surface area contributed by atoms with Crippen molar-refractivity contribution in [3.63, 3.8) is 0 Å². The van der Waals surface area contributed by atoms with Crippen molar-refractivity contribution in [2.24, 2.45) is 5.41 Å². The monoisotopic (exact) mass is 337 g/mol. The van der Waals surface area contributed by atoms with E-state index in [1.165, 1.54) is 11.9 Å². The normalized spacial score (nSPS) is 22.4. The van der Waals surface area contributed by atoms with Crippen molar-refractivity contribution < 1.29 is 9.53 Å². The molecule has 1 saturated carbocycles. The van der Waals surface area contributed by atoms with Crippen molar-refractivity contribution in [1.82, 2.24) is 15.3 Å². The number of aromatic nitrogens is 2. The summed E-state index contributed by atoms with van der Waals surface area (Å²) in [7, 11) is 0. The number of cyclic esters (lactones) is 1. The molecule has 2 aromatic rings. The van der Waals surface area contributed by atoms with Gasteiger partial charge in [-0.2, -0.15) is 0 Å². The molecular formula is C20H23N3O2. The van der Waals surface area contributed by atoms with Gasteiger partial charge in [0.05, 0.1) is 5.41 Å². The number of benzene rings is 1. The molecule has 1 aliphatic heterocycles. The SMILES string of the molecule is C[C@@H](NC[C@@H]1CC2(CCC2)C(=O)O1)c1ccc(-c2cncnc2)cc1. The van der Waals surface area contributed by atoms with Gasteiger partial charge in [0, 0.05) is 37.0 Å². The van der Waals surface area contributed by atoms with E-state index in [1.54, 1.807) is 0 Å². The van der Waals surface area contributed by atoms with E-state index in [9.17, 15) is 4.79 Å². The third-order valence-corrected chi connectivity index (χ3v) is 5.59. The van der Waals surface area contributed by atoms with Crippen molar-refractivity contribution in [2.75, 3.05) is 6.54 Å². The van der Waals surface area contributed by atoms with Gasteiger partial charge in [0.2, 0.25) is 0 Å². The van der Waals surface area contributed by atoms with Crippen LogP contribution in [0, 0.1) is 5.41 Å². The van der Waals surface area contributed by atoms with Crippen LogP contribution in [-0.2, 0) is 9.53 Å². The molecule has 1 aliphatic carbocycles. The zero-order valence-corrected chi connectivity index (χ0v) is 14.4. The van der Waals surface area contributed by atoms with Gasteiger partial charge in [0.15, 0.2) is 0 Å². The first-order valence-electron chi connectivity index (χ1n) is 8.96. The molecule has 1 aromatic carbocycles. The predicted molar refractivity (Wildman–Crippen MR) is 94.7 cm³/mol. The molecule has 0 unspecified atom stereocenters. The van der Waals surface area contributed by atoms with E-state index in [1.807, 2.05) is 12.4 Å². The number of nitrogens with zero attached hydrogens (tertiary/aromatic N) is 2. The lowest BCUT2D eigenvalue weighted by Gasteiger charge is -2.33. The Hall–Kier alpha value is -2.27. The molecule has 2 atom stereocenters. The summed E-state index contributed by atoms with van der Waals surface area (Å²) in [6.45, 7) is 2.85. The lowest BCUT2D eigenvalue weighted by atomic mass is 9.67. The summed E-state index contributed by atoms with van der Waals surface area (Å²) in [5.41, 5.74) is 3.18. The lowest BCUT2D eigenvalue weighted by molar-refractivity contribution is -0.152. The maximum absolute atomic E-state index is 12.0. The molecule has 2 aliphatic rings. The first-order valence-corrected chi connectivity index (χ1v) is 8.96. The number of rotatable bonds is 5. The summed E-state index contributed by atoms with van der Waals surface area (Å²) in [5, 5.41) is 3.50. The summed E-state index contributed by atoms with van der Waals surface area (Å²) < 4.78 is 5.57. The van der Waals surface area contributed by atoms with Crippen LogP contribution in [0.5, 0.6) is 0 Å². The van der Waals surface area contributed by atoms with Gasteiger partial charge in [0.1, 0.15) is 12.4 Å². The van der Waals surface area contributed by atoms with E-state index in [-0.39, 0.29) is 23.5 Å². The summed E-state index contributed by atoms with van der Waals surface area (Å²) in [5.74, 6) is 0.0210. The molecule has 1 N–H and O–H groups in total. The highest BCUT2D eigenvalue weighted by atomic mass is 16.6. The second-order valence-electron chi connectivity index (χ2n) is 7.24. The molecule has 2 heterocycles. The number of carbonyl (C=O) groups is 1. The molecule has 5 heteroatoms. The first-order chi connectivity index (χ1) is 12.2. The standard InChI is InChI=1S/C20H23N3O2/c1-14(23-12-18-9-20(7-2-8-20)19(24)25-18)15-3-5-16(6-4-15)17-10-21-13-22-11-17/h3-6,10-11,13-14,18,23H,2,7-9,12H2,1H3/t14-,18+/m1/s1. The minimum atomic E-state index is -0.144. The maximum atomic E-state index is 12.0. The van der Waals surface area contributed by atoms with Crippen LogP contribution in [0.25, 0.3) is 11.1 Å². The largest absolute Gasteiger partial charge is 0.461 e. The molecule has 25 heavy (non-hydrogen) atoms. The van der Waals surface area contributed by atoms with E-state index in [0.29, 0.717) is 6.54 Å². The second kappa shape index (κ2) is 6.56. The third-order valence-electron chi connectivity index (χ3n) is 5.59. The number of esters is 1. The predicted octanol–water partition coefficient (Wildman–Crippen LogP) is 3.28. The van der Waals surface area contributed by atoms with Crippen molar-refractivity contribution in [3.05, 3.63) is 48.5 Å². The Balaban J connectivity index is 1.34. The Labute approximate surface area is 147 Å². The maximum Gasteiger partial charge on any atom is 0.312 e.